The third-order valence-electron chi connectivity index (χ3n) is 11.2. The van der Waals surface area contributed by atoms with E-state index in [0.717, 1.165) is 60.9 Å². The molecule has 0 N–H and O–H groups in total. The van der Waals surface area contributed by atoms with Gasteiger partial charge in [-0.25, -0.2) is 0 Å². The van der Waals surface area contributed by atoms with Crippen LogP contribution in [0.3, 0.4) is 0 Å². The third kappa shape index (κ3) is 5.26. The zero-order valence-corrected chi connectivity index (χ0v) is 30.6. The number of anilines is 3. The number of nitrogens with zero attached hydrogens (tertiary/aromatic N) is 1. The van der Waals surface area contributed by atoms with E-state index < -0.39 is 0 Å². The summed E-state index contributed by atoms with van der Waals surface area (Å²) in [5.74, 6) is 0. The molecule has 0 saturated heterocycles. The SMILES string of the molecule is c1ccc(-c2ccc(N(c3cccc(-c4cccc5ccccc45)c3-c3ccc4ccccc4c3)c3cccc4oc5c6ccccc6ccc5c34)cc2)cc1. The molecule has 0 spiro atoms. The predicted molar refractivity (Wildman–Crippen MR) is 237 cm³/mol. The normalized spacial score (nSPS) is 11.6. The standard InChI is InChI=1S/C54H35NO/c1-2-13-36(14-3-1)38-29-32-43(33-30-38)55(50-25-12-26-51-53(50)48-34-31-40-17-7-9-21-45(40)54(48)56-51)49-24-11-23-47(46-22-10-19-39-16-6-8-20-44(39)46)52(49)42-28-27-37-15-4-5-18-41(37)35-42/h1-35H. The van der Waals surface area contributed by atoms with Crippen LogP contribution in [0.2, 0.25) is 0 Å². The Balaban J connectivity index is 1.24. The molecule has 262 valence electrons. The Bertz CT molecular complexity index is 3240. The lowest BCUT2D eigenvalue weighted by Gasteiger charge is -2.30. The van der Waals surface area contributed by atoms with Gasteiger partial charge in [0.1, 0.15) is 11.2 Å². The van der Waals surface area contributed by atoms with Crippen molar-refractivity contribution < 1.29 is 4.42 Å². The molecule has 56 heavy (non-hydrogen) atoms. The fourth-order valence-corrected chi connectivity index (χ4v) is 8.62. The van der Waals surface area contributed by atoms with Crippen LogP contribution < -0.4 is 4.90 Å². The molecule has 0 saturated carbocycles. The molecule has 11 rings (SSSR count). The summed E-state index contributed by atoms with van der Waals surface area (Å²) in [6.07, 6.45) is 0. The van der Waals surface area contributed by atoms with E-state index in [1.165, 1.54) is 43.8 Å². The minimum atomic E-state index is 0.859. The largest absolute Gasteiger partial charge is 0.455 e. The van der Waals surface area contributed by atoms with Gasteiger partial charge in [-0.1, -0.05) is 170 Å². The van der Waals surface area contributed by atoms with Crippen LogP contribution in [0.1, 0.15) is 0 Å². The van der Waals surface area contributed by atoms with Gasteiger partial charge in [0.25, 0.3) is 0 Å². The number of hydrogen-bond acceptors (Lipinski definition) is 2. The molecule has 1 heterocycles. The van der Waals surface area contributed by atoms with Crippen LogP contribution in [-0.4, -0.2) is 0 Å². The third-order valence-corrected chi connectivity index (χ3v) is 11.2. The van der Waals surface area contributed by atoms with Gasteiger partial charge < -0.3 is 9.32 Å². The average Bonchev–Trinajstić information content (AvgIpc) is 3.67. The highest BCUT2D eigenvalue weighted by Crippen LogP contribution is 2.50. The zero-order valence-electron chi connectivity index (χ0n) is 30.6. The summed E-state index contributed by atoms with van der Waals surface area (Å²) in [6, 6.07) is 76.6. The lowest BCUT2D eigenvalue weighted by Crippen LogP contribution is -2.12. The number of furan rings is 1. The molecule has 0 radical (unpaired) electrons. The molecule has 10 aromatic carbocycles. The number of fused-ring (bicyclic) bond motifs is 7. The molecule has 0 aliphatic heterocycles. The maximum absolute atomic E-state index is 6.78. The van der Waals surface area contributed by atoms with Crippen LogP contribution in [-0.2, 0) is 0 Å². The van der Waals surface area contributed by atoms with Crippen molar-refractivity contribution >= 4 is 71.3 Å². The Morgan fingerprint density at radius 1 is 0.339 bits per heavy atom. The van der Waals surface area contributed by atoms with Gasteiger partial charge in [0, 0.05) is 22.0 Å². The van der Waals surface area contributed by atoms with E-state index in [1.807, 2.05) is 0 Å². The first-order valence-electron chi connectivity index (χ1n) is 19.2. The van der Waals surface area contributed by atoms with Crippen LogP contribution in [0.25, 0.3) is 87.6 Å². The molecule has 0 aliphatic carbocycles. The minimum Gasteiger partial charge on any atom is -0.455 e. The molecule has 2 nitrogen and oxygen atoms in total. The summed E-state index contributed by atoms with van der Waals surface area (Å²) < 4.78 is 6.78. The fourth-order valence-electron chi connectivity index (χ4n) is 8.62. The molecule has 0 unspecified atom stereocenters. The van der Waals surface area contributed by atoms with Crippen molar-refractivity contribution in [1.82, 2.24) is 0 Å². The highest BCUT2D eigenvalue weighted by Gasteiger charge is 2.25. The second-order valence-electron chi connectivity index (χ2n) is 14.5. The summed E-state index contributed by atoms with van der Waals surface area (Å²) in [5.41, 5.74) is 12.0. The lowest BCUT2D eigenvalue weighted by atomic mass is 9.88. The van der Waals surface area contributed by atoms with Crippen molar-refractivity contribution in [1.29, 1.82) is 0 Å². The van der Waals surface area contributed by atoms with Crippen molar-refractivity contribution in [2.75, 3.05) is 4.90 Å². The van der Waals surface area contributed by atoms with Gasteiger partial charge >= 0.3 is 0 Å². The predicted octanol–water partition coefficient (Wildman–Crippen LogP) is 15.5. The molecule has 1 aromatic heterocycles. The van der Waals surface area contributed by atoms with E-state index >= 15 is 0 Å². The van der Waals surface area contributed by atoms with Gasteiger partial charge in [-0.15, -0.1) is 0 Å². The summed E-state index contributed by atoms with van der Waals surface area (Å²) in [5, 5.41) is 9.32. The molecule has 11 aromatic rings. The van der Waals surface area contributed by atoms with Crippen molar-refractivity contribution in [2.24, 2.45) is 0 Å². The van der Waals surface area contributed by atoms with E-state index in [9.17, 15) is 0 Å². The first-order valence-corrected chi connectivity index (χ1v) is 19.2. The fraction of sp³-hybridized carbons (Fsp3) is 0. The van der Waals surface area contributed by atoms with Gasteiger partial charge in [-0.3, -0.25) is 0 Å². The molecule has 0 amide bonds. The molecular formula is C54H35NO. The Morgan fingerprint density at radius 3 is 1.77 bits per heavy atom. The Morgan fingerprint density at radius 2 is 0.929 bits per heavy atom. The highest BCUT2D eigenvalue weighted by molar-refractivity contribution is 6.20. The smallest absolute Gasteiger partial charge is 0.143 e. The van der Waals surface area contributed by atoms with E-state index in [4.69, 9.17) is 4.42 Å². The van der Waals surface area contributed by atoms with Gasteiger partial charge in [0.2, 0.25) is 0 Å². The molecule has 2 heteroatoms. The van der Waals surface area contributed by atoms with Gasteiger partial charge in [0.15, 0.2) is 0 Å². The maximum atomic E-state index is 6.78. The second-order valence-corrected chi connectivity index (χ2v) is 14.5. The number of hydrogen-bond donors (Lipinski definition) is 0. The van der Waals surface area contributed by atoms with Crippen LogP contribution in [0, 0.1) is 0 Å². The van der Waals surface area contributed by atoms with E-state index in [1.54, 1.807) is 0 Å². The zero-order chi connectivity index (χ0) is 37.0. The van der Waals surface area contributed by atoms with Gasteiger partial charge in [-0.2, -0.15) is 0 Å². The Hall–Kier alpha value is -7.42. The highest BCUT2D eigenvalue weighted by atomic mass is 16.3. The molecule has 0 fully saturated rings. The van der Waals surface area contributed by atoms with E-state index in [0.29, 0.717) is 0 Å². The first-order chi connectivity index (χ1) is 27.8. The summed E-state index contributed by atoms with van der Waals surface area (Å²) in [7, 11) is 0. The molecular weight excluding hydrogens is 679 g/mol. The van der Waals surface area contributed by atoms with Crippen LogP contribution in [0.15, 0.2) is 217 Å². The second kappa shape index (κ2) is 13.2. The van der Waals surface area contributed by atoms with Crippen molar-refractivity contribution in [3.05, 3.63) is 212 Å². The Kier molecular flexibility index (Phi) is 7.53. The number of benzene rings is 10. The first kappa shape index (κ1) is 32.0. The Labute approximate surface area is 325 Å². The lowest BCUT2D eigenvalue weighted by molar-refractivity contribution is 0.672. The molecule has 0 atom stereocenters. The van der Waals surface area contributed by atoms with E-state index in [-0.39, 0.29) is 0 Å². The van der Waals surface area contributed by atoms with Crippen molar-refractivity contribution in [3.8, 4) is 33.4 Å². The topological polar surface area (TPSA) is 16.4 Å². The van der Waals surface area contributed by atoms with Gasteiger partial charge in [0.05, 0.1) is 16.8 Å². The quantitative estimate of drug-likeness (QED) is 0.171. The van der Waals surface area contributed by atoms with Crippen LogP contribution in [0.4, 0.5) is 17.1 Å². The maximum Gasteiger partial charge on any atom is 0.143 e. The minimum absolute atomic E-state index is 0.859. The molecule has 0 bridgehead atoms. The summed E-state index contributed by atoms with van der Waals surface area (Å²) in [4.78, 5) is 2.44. The van der Waals surface area contributed by atoms with E-state index in [2.05, 4.69) is 217 Å². The molecule has 0 aliphatic rings. The monoisotopic (exact) mass is 713 g/mol. The van der Waals surface area contributed by atoms with Crippen LogP contribution in [0.5, 0.6) is 0 Å². The number of rotatable bonds is 6. The van der Waals surface area contributed by atoms with Crippen molar-refractivity contribution in [2.45, 2.75) is 0 Å². The average molecular weight is 714 g/mol. The summed E-state index contributed by atoms with van der Waals surface area (Å²) >= 11 is 0. The summed E-state index contributed by atoms with van der Waals surface area (Å²) in [6.45, 7) is 0. The van der Waals surface area contributed by atoms with Crippen molar-refractivity contribution in [3.63, 3.8) is 0 Å². The van der Waals surface area contributed by atoms with Gasteiger partial charge in [-0.05, 0) is 97.2 Å². The van der Waals surface area contributed by atoms with Crippen LogP contribution >= 0.6 is 0 Å².